The van der Waals surface area contributed by atoms with Crippen molar-refractivity contribution in [2.75, 3.05) is 13.7 Å². The first-order chi connectivity index (χ1) is 8.35. The lowest BCUT2D eigenvalue weighted by Crippen LogP contribution is -2.24. The first-order valence-corrected chi connectivity index (χ1v) is 6.33. The van der Waals surface area contributed by atoms with Gasteiger partial charge in [-0.3, -0.25) is 0 Å². The van der Waals surface area contributed by atoms with Gasteiger partial charge in [0.05, 0.1) is 12.7 Å². The van der Waals surface area contributed by atoms with Crippen LogP contribution in [0.15, 0.2) is 6.07 Å². The van der Waals surface area contributed by atoms with E-state index in [1.807, 2.05) is 20.8 Å². The average Bonchev–Trinajstić information content (AvgIpc) is 2.30. The molecule has 2 N–H and O–H groups in total. The molecule has 0 saturated heterocycles. The fourth-order valence-corrected chi connectivity index (χ4v) is 2.52. The summed E-state index contributed by atoms with van der Waals surface area (Å²) >= 11 is 0. The fourth-order valence-electron chi connectivity index (χ4n) is 2.52. The number of rotatable bonds is 5. The van der Waals surface area contributed by atoms with Crippen LogP contribution in [0.4, 0.5) is 0 Å². The number of aliphatic hydroxyl groups is 2. The third-order valence-electron chi connectivity index (χ3n) is 3.55. The molecule has 1 atom stereocenters. The van der Waals surface area contributed by atoms with Crippen LogP contribution < -0.4 is 4.74 Å². The Morgan fingerprint density at radius 1 is 1.22 bits per heavy atom. The first-order valence-electron chi connectivity index (χ1n) is 6.33. The summed E-state index contributed by atoms with van der Waals surface area (Å²) in [4.78, 5) is 0. The van der Waals surface area contributed by atoms with Gasteiger partial charge < -0.3 is 14.9 Å². The minimum Gasteiger partial charge on any atom is -0.496 e. The Hall–Kier alpha value is -1.06. The van der Waals surface area contributed by atoms with E-state index in [0.717, 1.165) is 28.0 Å². The van der Waals surface area contributed by atoms with Crippen molar-refractivity contribution in [2.24, 2.45) is 0 Å². The maximum absolute atomic E-state index is 10.6. The zero-order valence-corrected chi connectivity index (χ0v) is 12.0. The summed E-state index contributed by atoms with van der Waals surface area (Å²) in [7, 11) is 1.63. The normalized spacial score (nSPS) is 14.4. The summed E-state index contributed by atoms with van der Waals surface area (Å²) in [6, 6.07) is 2.07. The molecule has 1 aromatic rings. The monoisotopic (exact) mass is 252 g/mol. The van der Waals surface area contributed by atoms with E-state index in [1.54, 1.807) is 14.0 Å². The molecule has 0 bridgehead atoms. The predicted molar refractivity (Wildman–Crippen MR) is 73.1 cm³/mol. The third-order valence-corrected chi connectivity index (χ3v) is 3.55. The molecule has 1 unspecified atom stereocenters. The first kappa shape index (κ1) is 15.0. The molecule has 0 aliphatic rings. The highest BCUT2D eigenvalue weighted by atomic mass is 16.5. The van der Waals surface area contributed by atoms with Crippen molar-refractivity contribution in [1.82, 2.24) is 0 Å². The minimum absolute atomic E-state index is 0.0857. The van der Waals surface area contributed by atoms with Crippen molar-refractivity contribution in [3.63, 3.8) is 0 Å². The molecule has 102 valence electrons. The Bertz CT molecular complexity index is 422. The van der Waals surface area contributed by atoms with Gasteiger partial charge in [-0.25, -0.2) is 0 Å². The molecule has 0 amide bonds. The molecule has 3 heteroatoms. The third kappa shape index (κ3) is 2.85. The molecule has 0 radical (unpaired) electrons. The molecule has 0 heterocycles. The second-order valence-corrected chi connectivity index (χ2v) is 5.14. The molecule has 1 rings (SSSR count). The molecule has 0 aliphatic carbocycles. The van der Waals surface area contributed by atoms with Gasteiger partial charge in [0.15, 0.2) is 0 Å². The fraction of sp³-hybridized carbons (Fsp3) is 0.600. The van der Waals surface area contributed by atoms with Crippen LogP contribution in [-0.4, -0.2) is 23.9 Å². The summed E-state index contributed by atoms with van der Waals surface area (Å²) in [6.07, 6.45) is 1.09. The molecule has 3 nitrogen and oxygen atoms in total. The average molecular weight is 252 g/mol. The quantitative estimate of drug-likeness (QED) is 0.847. The van der Waals surface area contributed by atoms with Crippen molar-refractivity contribution in [3.8, 4) is 5.75 Å². The molecule has 0 saturated carbocycles. The highest BCUT2D eigenvalue weighted by Crippen LogP contribution is 2.39. The van der Waals surface area contributed by atoms with Crippen LogP contribution in [0.3, 0.4) is 0 Å². The van der Waals surface area contributed by atoms with Crippen LogP contribution in [0, 0.1) is 20.8 Å². The molecule has 18 heavy (non-hydrogen) atoms. The zero-order chi connectivity index (χ0) is 13.9. The number of ether oxygens (including phenoxy) is 1. The smallest absolute Gasteiger partial charge is 0.128 e. The molecule has 0 fully saturated rings. The molecule has 0 aliphatic heterocycles. The van der Waals surface area contributed by atoms with Crippen molar-refractivity contribution in [2.45, 2.75) is 46.1 Å². The van der Waals surface area contributed by atoms with Gasteiger partial charge >= 0.3 is 0 Å². The van der Waals surface area contributed by atoms with Gasteiger partial charge in [-0.05, 0) is 57.2 Å². The summed E-state index contributed by atoms with van der Waals surface area (Å²) in [5.74, 6) is 0.760. The second-order valence-electron chi connectivity index (χ2n) is 5.14. The molecular formula is C15H24O3. The van der Waals surface area contributed by atoms with Gasteiger partial charge in [0.2, 0.25) is 0 Å². The van der Waals surface area contributed by atoms with Crippen molar-refractivity contribution < 1.29 is 14.9 Å². The van der Waals surface area contributed by atoms with E-state index in [0.29, 0.717) is 12.8 Å². The van der Waals surface area contributed by atoms with E-state index < -0.39 is 5.60 Å². The zero-order valence-electron chi connectivity index (χ0n) is 12.0. The summed E-state index contributed by atoms with van der Waals surface area (Å²) in [6.45, 7) is 7.89. The van der Waals surface area contributed by atoms with Crippen molar-refractivity contribution in [3.05, 3.63) is 28.3 Å². The number of methoxy groups -OCH3 is 1. The van der Waals surface area contributed by atoms with Gasteiger partial charge in [-0.1, -0.05) is 6.07 Å². The van der Waals surface area contributed by atoms with Crippen molar-refractivity contribution >= 4 is 0 Å². The summed E-state index contributed by atoms with van der Waals surface area (Å²) in [5, 5.41) is 19.6. The van der Waals surface area contributed by atoms with Crippen LogP contribution in [0.1, 0.15) is 42.0 Å². The number of hydrogen-bond donors (Lipinski definition) is 2. The maximum atomic E-state index is 10.6. The molecule has 0 aromatic heterocycles. The molecular weight excluding hydrogens is 228 g/mol. The SMILES string of the molecule is COc1c(C)c(C)cc(C)c1C(C)(O)CCCO. The number of aryl methyl sites for hydroxylation is 2. The number of benzene rings is 1. The van der Waals surface area contributed by atoms with Gasteiger partial charge in [0.25, 0.3) is 0 Å². The predicted octanol–water partition coefficient (Wildman–Crippen LogP) is 2.60. The van der Waals surface area contributed by atoms with E-state index in [9.17, 15) is 5.11 Å². The van der Waals surface area contributed by atoms with Crippen LogP contribution in [0.5, 0.6) is 5.75 Å². The largest absolute Gasteiger partial charge is 0.496 e. The Morgan fingerprint density at radius 2 is 1.83 bits per heavy atom. The van der Waals surface area contributed by atoms with Gasteiger partial charge in [-0.2, -0.15) is 0 Å². The van der Waals surface area contributed by atoms with Crippen molar-refractivity contribution in [1.29, 1.82) is 0 Å². The van der Waals surface area contributed by atoms with E-state index in [-0.39, 0.29) is 6.61 Å². The molecule has 0 spiro atoms. The van der Waals surface area contributed by atoms with Crippen LogP contribution in [0.2, 0.25) is 0 Å². The summed E-state index contributed by atoms with van der Waals surface area (Å²) < 4.78 is 5.48. The highest BCUT2D eigenvalue weighted by Gasteiger charge is 2.29. The summed E-state index contributed by atoms with van der Waals surface area (Å²) in [5.41, 5.74) is 3.10. The van der Waals surface area contributed by atoms with E-state index >= 15 is 0 Å². The minimum atomic E-state index is -0.976. The van der Waals surface area contributed by atoms with Gasteiger partial charge in [-0.15, -0.1) is 0 Å². The van der Waals surface area contributed by atoms with E-state index in [2.05, 4.69) is 6.07 Å². The number of aliphatic hydroxyl groups excluding tert-OH is 1. The standard InChI is InChI=1S/C15H24O3/c1-10-9-11(2)13(14(18-5)12(10)3)15(4,17)7-6-8-16/h9,16-17H,6-8H2,1-5H3. The van der Waals surface area contributed by atoms with Crippen LogP contribution >= 0.6 is 0 Å². The van der Waals surface area contributed by atoms with Gasteiger partial charge in [0, 0.05) is 12.2 Å². The lowest BCUT2D eigenvalue weighted by atomic mass is 9.85. The Balaban J connectivity index is 3.34. The topological polar surface area (TPSA) is 49.7 Å². The second kappa shape index (κ2) is 5.72. The van der Waals surface area contributed by atoms with Gasteiger partial charge in [0.1, 0.15) is 5.75 Å². The lowest BCUT2D eigenvalue weighted by Gasteiger charge is -2.29. The number of hydrogen-bond acceptors (Lipinski definition) is 3. The maximum Gasteiger partial charge on any atom is 0.128 e. The molecule has 1 aromatic carbocycles. The van der Waals surface area contributed by atoms with E-state index in [4.69, 9.17) is 9.84 Å². The van der Waals surface area contributed by atoms with Crippen LogP contribution in [-0.2, 0) is 5.60 Å². The Morgan fingerprint density at radius 3 is 2.33 bits per heavy atom. The van der Waals surface area contributed by atoms with Crippen LogP contribution in [0.25, 0.3) is 0 Å². The Labute approximate surface area is 109 Å². The highest BCUT2D eigenvalue weighted by molar-refractivity contribution is 5.52. The Kier molecular flexibility index (Phi) is 4.77. The lowest BCUT2D eigenvalue weighted by molar-refractivity contribution is 0.0372. The van der Waals surface area contributed by atoms with E-state index in [1.165, 1.54) is 0 Å².